The molecule has 0 aliphatic carbocycles. The van der Waals surface area contributed by atoms with Crippen LogP contribution in [-0.2, 0) is 16.4 Å². The van der Waals surface area contributed by atoms with Gasteiger partial charge in [0, 0.05) is 23.6 Å². The first-order chi connectivity index (χ1) is 11.9. The molecule has 0 bridgehead atoms. The van der Waals surface area contributed by atoms with Gasteiger partial charge in [0.2, 0.25) is 0 Å². The van der Waals surface area contributed by atoms with Crippen LogP contribution in [0.4, 0.5) is 4.39 Å². The number of hydrogen-bond acceptors (Lipinski definition) is 4. The van der Waals surface area contributed by atoms with Crippen LogP contribution in [0.25, 0.3) is 22.4 Å². The van der Waals surface area contributed by atoms with Gasteiger partial charge in [-0.3, -0.25) is 4.68 Å². The summed E-state index contributed by atoms with van der Waals surface area (Å²) in [5, 5.41) is 13.3. The quantitative estimate of drug-likeness (QED) is 0.720. The normalized spacial score (nSPS) is 11.2. The van der Waals surface area contributed by atoms with Crippen LogP contribution in [0.5, 0.6) is 0 Å². The Morgan fingerprint density at radius 1 is 1.08 bits per heavy atom. The van der Waals surface area contributed by atoms with E-state index < -0.39 is 9.84 Å². The van der Waals surface area contributed by atoms with Crippen LogP contribution in [0.1, 0.15) is 0 Å². The lowest BCUT2D eigenvalue weighted by Gasteiger charge is -2.04. The summed E-state index contributed by atoms with van der Waals surface area (Å²) < 4.78 is 37.9. The van der Waals surface area contributed by atoms with E-state index in [1.165, 1.54) is 28.9 Å². The number of nitriles is 1. The molecule has 0 unspecified atom stereocenters. The van der Waals surface area contributed by atoms with Crippen molar-refractivity contribution in [3.63, 3.8) is 0 Å². The van der Waals surface area contributed by atoms with E-state index in [-0.39, 0.29) is 17.3 Å². The topological polar surface area (TPSA) is 75.8 Å². The van der Waals surface area contributed by atoms with Crippen molar-refractivity contribution in [1.29, 1.82) is 5.26 Å². The molecular formula is C18H14FN3O2S. The summed E-state index contributed by atoms with van der Waals surface area (Å²) in [6.45, 7) is 0.0790. The number of hydrogen-bond donors (Lipinski definition) is 0. The maximum atomic E-state index is 13.2. The molecular weight excluding hydrogens is 341 g/mol. The minimum atomic E-state index is -3.28. The number of benzene rings is 2. The highest BCUT2D eigenvalue weighted by atomic mass is 32.2. The van der Waals surface area contributed by atoms with Crippen molar-refractivity contribution in [2.45, 2.75) is 11.4 Å². The van der Waals surface area contributed by atoms with E-state index in [1.54, 1.807) is 30.5 Å². The van der Waals surface area contributed by atoms with Crippen LogP contribution in [0.3, 0.4) is 0 Å². The molecule has 0 saturated heterocycles. The third-order valence-corrected chi connectivity index (χ3v) is 4.83. The number of aromatic nitrogens is 2. The Balaban J connectivity index is 2.11. The number of rotatable bonds is 4. The summed E-state index contributed by atoms with van der Waals surface area (Å²) in [6.07, 6.45) is 2.86. The fourth-order valence-corrected chi connectivity index (χ4v) is 3.12. The third-order valence-electron chi connectivity index (χ3n) is 3.71. The van der Waals surface area contributed by atoms with Crippen molar-refractivity contribution in [3.8, 4) is 28.5 Å². The number of sulfone groups is 1. The van der Waals surface area contributed by atoms with Crippen molar-refractivity contribution in [3.05, 3.63) is 60.5 Å². The van der Waals surface area contributed by atoms with Gasteiger partial charge >= 0.3 is 0 Å². The van der Waals surface area contributed by atoms with Gasteiger partial charge in [0.05, 0.1) is 11.0 Å². The monoisotopic (exact) mass is 355 g/mol. The van der Waals surface area contributed by atoms with Crippen LogP contribution in [0.15, 0.2) is 59.6 Å². The Bertz CT molecular complexity index is 1050. The van der Waals surface area contributed by atoms with Crippen molar-refractivity contribution >= 4 is 9.84 Å². The molecule has 0 N–H and O–H groups in total. The Morgan fingerprint density at radius 2 is 1.68 bits per heavy atom. The minimum absolute atomic E-state index is 0.0790. The molecule has 0 aliphatic heterocycles. The highest BCUT2D eigenvalue weighted by Crippen LogP contribution is 2.31. The van der Waals surface area contributed by atoms with Crippen LogP contribution >= 0.6 is 0 Å². The summed E-state index contributed by atoms with van der Waals surface area (Å²) in [6, 6.07) is 14.4. The molecule has 1 heterocycles. The Kier molecular flexibility index (Phi) is 4.38. The zero-order valence-electron chi connectivity index (χ0n) is 13.3. The molecule has 25 heavy (non-hydrogen) atoms. The first kappa shape index (κ1) is 16.9. The molecule has 3 aromatic rings. The van der Waals surface area contributed by atoms with E-state index in [2.05, 4.69) is 5.10 Å². The molecule has 0 saturated carbocycles. The first-order valence-corrected chi connectivity index (χ1v) is 9.28. The lowest BCUT2D eigenvalue weighted by Crippen LogP contribution is -1.97. The first-order valence-electron chi connectivity index (χ1n) is 7.39. The Hall–Kier alpha value is -2.98. The Morgan fingerprint density at radius 3 is 2.24 bits per heavy atom. The van der Waals surface area contributed by atoms with Crippen molar-refractivity contribution in [1.82, 2.24) is 9.78 Å². The predicted molar refractivity (Wildman–Crippen MR) is 91.8 cm³/mol. The van der Waals surface area contributed by atoms with E-state index in [0.717, 1.165) is 17.4 Å². The lowest BCUT2D eigenvalue weighted by atomic mass is 10.0. The van der Waals surface area contributed by atoms with Crippen LogP contribution in [0.2, 0.25) is 0 Å². The second kappa shape index (κ2) is 6.49. The smallest absolute Gasteiger partial charge is 0.175 e. The van der Waals surface area contributed by atoms with Gasteiger partial charge in [-0.05, 0) is 29.8 Å². The molecule has 2 aromatic carbocycles. The van der Waals surface area contributed by atoms with Gasteiger partial charge in [-0.15, -0.1) is 0 Å². The number of halogens is 1. The van der Waals surface area contributed by atoms with Crippen LogP contribution in [-0.4, -0.2) is 24.5 Å². The molecule has 7 heteroatoms. The second-order valence-corrected chi connectivity index (χ2v) is 7.57. The van der Waals surface area contributed by atoms with Gasteiger partial charge in [-0.2, -0.15) is 10.4 Å². The van der Waals surface area contributed by atoms with Crippen molar-refractivity contribution in [2.24, 2.45) is 0 Å². The molecule has 0 aliphatic rings. The Labute approximate surface area is 144 Å². The van der Waals surface area contributed by atoms with Gasteiger partial charge in [0.15, 0.2) is 9.84 Å². The minimum Gasteiger partial charge on any atom is -0.257 e. The maximum absolute atomic E-state index is 13.2. The molecule has 0 amide bonds. The van der Waals surface area contributed by atoms with Gasteiger partial charge in [-0.25, -0.2) is 12.8 Å². The largest absolute Gasteiger partial charge is 0.257 e. The average Bonchev–Trinajstić information content (AvgIpc) is 2.99. The van der Waals surface area contributed by atoms with Crippen molar-refractivity contribution < 1.29 is 12.8 Å². The predicted octanol–water partition coefficient (Wildman–Crippen LogP) is 3.28. The SMILES string of the molecule is CS(=O)(=O)c1ccc(-c2nn(CC#N)cc2-c2ccc(F)cc2)cc1. The summed E-state index contributed by atoms with van der Waals surface area (Å²) in [4.78, 5) is 0.219. The third kappa shape index (κ3) is 3.59. The van der Waals surface area contributed by atoms with E-state index >= 15 is 0 Å². The molecule has 5 nitrogen and oxygen atoms in total. The zero-order chi connectivity index (χ0) is 18.0. The van der Waals surface area contributed by atoms with E-state index in [4.69, 9.17) is 5.26 Å². The fraction of sp³-hybridized carbons (Fsp3) is 0.111. The highest BCUT2D eigenvalue weighted by Gasteiger charge is 2.14. The highest BCUT2D eigenvalue weighted by molar-refractivity contribution is 7.90. The molecule has 126 valence electrons. The summed E-state index contributed by atoms with van der Waals surface area (Å²) in [5.74, 6) is -0.341. The summed E-state index contributed by atoms with van der Waals surface area (Å²) in [7, 11) is -3.28. The van der Waals surface area contributed by atoms with Crippen LogP contribution < -0.4 is 0 Å². The fourth-order valence-electron chi connectivity index (χ4n) is 2.49. The van der Waals surface area contributed by atoms with E-state index in [9.17, 15) is 12.8 Å². The summed E-state index contributed by atoms with van der Waals surface area (Å²) >= 11 is 0. The van der Waals surface area contributed by atoms with Gasteiger partial charge < -0.3 is 0 Å². The average molecular weight is 355 g/mol. The molecule has 0 atom stereocenters. The second-order valence-electron chi connectivity index (χ2n) is 5.55. The van der Waals surface area contributed by atoms with Crippen LogP contribution in [0, 0.1) is 17.1 Å². The van der Waals surface area contributed by atoms with Gasteiger partial charge in [0.1, 0.15) is 18.1 Å². The van der Waals surface area contributed by atoms with E-state index in [1.807, 2.05) is 6.07 Å². The maximum Gasteiger partial charge on any atom is 0.175 e. The van der Waals surface area contributed by atoms with Gasteiger partial charge in [-0.1, -0.05) is 24.3 Å². The van der Waals surface area contributed by atoms with E-state index in [0.29, 0.717) is 11.3 Å². The zero-order valence-corrected chi connectivity index (χ0v) is 14.2. The molecule has 0 radical (unpaired) electrons. The molecule has 1 aromatic heterocycles. The summed E-state index contributed by atoms with van der Waals surface area (Å²) in [5.41, 5.74) is 2.81. The van der Waals surface area contributed by atoms with Gasteiger partial charge in [0.25, 0.3) is 0 Å². The standard InChI is InChI=1S/C18H14FN3O2S/c1-25(23,24)16-8-4-14(5-9-16)18-17(12-22(21-18)11-10-20)13-2-6-15(19)7-3-13/h2-9,12H,11H2,1H3. The lowest BCUT2D eigenvalue weighted by molar-refractivity contribution is 0.602. The number of nitrogens with zero attached hydrogens (tertiary/aromatic N) is 3. The molecule has 0 spiro atoms. The molecule has 0 fully saturated rings. The molecule has 3 rings (SSSR count). The van der Waals surface area contributed by atoms with Crippen molar-refractivity contribution in [2.75, 3.05) is 6.26 Å².